The Bertz CT molecular complexity index is 1210. The third-order valence-electron chi connectivity index (χ3n) is 5.38. The highest BCUT2D eigenvalue weighted by molar-refractivity contribution is 7.89. The van der Waals surface area contributed by atoms with Gasteiger partial charge in [-0.1, -0.05) is 6.07 Å². The molecule has 4 rings (SSSR count). The van der Waals surface area contributed by atoms with Crippen LogP contribution in [0.2, 0.25) is 0 Å². The lowest BCUT2D eigenvalue weighted by Crippen LogP contribution is -2.36. The van der Waals surface area contributed by atoms with Crippen LogP contribution in [0.25, 0.3) is 0 Å². The number of nitrogens with zero attached hydrogens (tertiary/aromatic N) is 2. The Balaban J connectivity index is 1.43. The lowest BCUT2D eigenvalue weighted by Gasteiger charge is -2.28. The van der Waals surface area contributed by atoms with Gasteiger partial charge in [0, 0.05) is 31.4 Å². The van der Waals surface area contributed by atoms with Crippen molar-refractivity contribution >= 4 is 21.7 Å². The van der Waals surface area contributed by atoms with Crippen LogP contribution in [0.3, 0.4) is 0 Å². The zero-order chi connectivity index (χ0) is 23.3. The van der Waals surface area contributed by atoms with E-state index < -0.39 is 10.0 Å². The van der Waals surface area contributed by atoms with Crippen molar-refractivity contribution in [3.8, 4) is 0 Å². The summed E-state index contributed by atoms with van der Waals surface area (Å²) >= 11 is 0. The number of hydrogen-bond donors (Lipinski definition) is 2. The summed E-state index contributed by atoms with van der Waals surface area (Å²) in [5, 5.41) is 2.88. The zero-order valence-corrected chi connectivity index (χ0v) is 19.1. The predicted molar refractivity (Wildman–Crippen MR) is 122 cm³/mol. The SMILES string of the molecule is Cc1ccc(S(=O)(=O)NCc2ccco2)cc1C(=O)NCc1ccnc(N2CCOCC2)c1. The summed E-state index contributed by atoms with van der Waals surface area (Å²) in [4.78, 5) is 19.4. The average Bonchev–Trinajstić information content (AvgIpc) is 3.36. The zero-order valence-electron chi connectivity index (χ0n) is 18.3. The molecule has 0 aliphatic carbocycles. The first-order chi connectivity index (χ1) is 15.9. The highest BCUT2D eigenvalue weighted by atomic mass is 32.2. The predicted octanol–water partition coefficient (Wildman–Crippen LogP) is 2.23. The maximum absolute atomic E-state index is 12.9. The lowest BCUT2D eigenvalue weighted by molar-refractivity contribution is 0.0950. The number of hydrogen-bond acceptors (Lipinski definition) is 7. The molecule has 2 aromatic heterocycles. The first-order valence-corrected chi connectivity index (χ1v) is 12.1. The van der Waals surface area contributed by atoms with Crippen molar-refractivity contribution in [2.75, 3.05) is 31.2 Å². The number of nitrogens with one attached hydrogen (secondary N) is 2. The van der Waals surface area contributed by atoms with E-state index in [2.05, 4.69) is 19.9 Å². The molecule has 3 aromatic rings. The second-order valence-corrected chi connectivity index (χ2v) is 9.45. The summed E-state index contributed by atoms with van der Waals surface area (Å²) < 4.78 is 38.4. The summed E-state index contributed by atoms with van der Waals surface area (Å²) in [6.07, 6.45) is 3.19. The van der Waals surface area contributed by atoms with Gasteiger partial charge >= 0.3 is 0 Å². The number of rotatable bonds is 8. The van der Waals surface area contributed by atoms with E-state index >= 15 is 0 Å². The van der Waals surface area contributed by atoms with Gasteiger partial charge in [0.05, 0.1) is 30.9 Å². The summed E-state index contributed by atoms with van der Waals surface area (Å²) in [5.41, 5.74) is 1.89. The van der Waals surface area contributed by atoms with Crippen molar-refractivity contribution < 1.29 is 22.4 Å². The maximum atomic E-state index is 12.9. The minimum absolute atomic E-state index is 0.0170. The van der Waals surface area contributed by atoms with Crippen LogP contribution in [-0.2, 0) is 27.8 Å². The highest BCUT2D eigenvalue weighted by Crippen LogP contribution is 2.18. The summed E-state index contributed by atoms with van der Waals surface area (Å²) in [7, 11) is -3.81. The molecule has 1 aliphatic rings. The Kier molecular flexibility index (Phi) is 7.07. The molecule has 0 radical (unpaired) electrons. The number of furan rings is 1. The van der Waals surface area contributed by atoms with Crippen LogP contribution in [-0.4, -0.2) is 45.6 Å². The maximum Gasteiger partial charge on any atom is 0.251 e. The first-order valence-electron chi connectivity index (χ1n) is 10.6. The molecule has 2 N–H and O–H groups in total. The molecule has 174 valence electrons. The highest BCUT2D eigenvalue weighted by Gasteiger charge is 2.19. The van der Waals surface area contributed by atoms with Gasteiger partial charge in [-0.2, -0.15) is 0 Å². The second-order valence-electron chi connectivity index (χ2n) is 7.69. The molecule has 1 saturated heterocycles. The molecule has 1 aromatic carbocycles. The third kappa shape index (κ3) is 5.78. The number of aryl methyl sites for hydroxylation is 1. The Hall–Kier alpha value is -3.21. The Labute approximate surface area is 192 Å². The van der Waals surface area contributed by atoms with Gasteiger partial charge < -0.3 is 19.4 Å². The molecule has 1 aliphatic heterocycles. The fourth-order valence-electron chi connectivity index (χ4n) is 3.49. The van der Waals surface area contributed by atoms with Crippen LogP contribution in [0.1, 0.15) is 27.2 Å². The molecular weight excluding hydrogens is 444 g/mol. The number of ether oxygens (including phenoxy) is 1. The van der Waals surface area contributed by atoms with Crippen molar-refractivity contribution in [3.05, 3.63) is 77.4 Å². The minimum Gasteiger partial charge on any atom is -0.468 e. The Morgan fingerprint density at radius 3 is 2.70 bits per heavy atom. The smallest absolute Gasteiger partial charge is 0.251 e. The number of carbonyl (C=O) groups excluding carboxylic acids is 1. The molecule has 0 saturated carbocycles. The molecule has 0 spiro atoms. The Morgan fingerprint density at radius 2 is 1.94 bits per heavy atom. The van der Waals surface area contributed by atoms with E-state index in [1.807, 2.05) is 12.1 Å². The van der Waals surface area contributed by atoms with Gasteiger partial charge in [-0.15, -0.1) is 0 Å². The van der Waals surface area contributed by atoms with Gasteiger partial charge in [0.2, 0.25) is 10.0 Å². The monoisotopic (exact) mass is 470 g/mol. The van der Waals surface area contributed by atoms with E-state index in [1.165, 1.54) is 18.4 Å². The largest absolute Gasteiger partial charge is 0.468 e. The van der Waals surface area contributed by atoms with Crippen LogP contribution in [0.5, 0.6) is 0 Å². The van der Waals surface area contributed by atoms with Crippen LogP contribution in [0.15, 0.2) is 64.2 Å². The molecule has 0 atom stereocenters. The molecule has 9 nitrogen and oxygen atoms in total. The van der Waals surface area contributed by atoms with Crippen molar-refractivity contribution in [2.45, 2.75) is 24.9 Å². The molecule has 3 heterocycles. The van der Waals surface area contributed by atoms with Crippen LogP contribution in [0, 0.1) is 6.92 Å². The third-order valence-corrected chi connectivity index (χ3v) is 6.78. The number of anilines is 1. The topological polar surface area (TPSA) is 114 Å². The van der Waals surface area contributed by atoms with Gasteiger partial charge in [0.1, 0.15) is 11.6 Å². The van der Waals surface area contributed by atoms with Gasteiger partial charge in [0.15, 0.2) is 0 Å². The van der Waals surface area contributed by atoms with Crippen LogP contribution >= 0.6 is 0 Å². The number of morpholine rings is 1. The van der Waals surface area contributed by atoms with E-state index in [1.54, 1.807) is 31.3 Å². The number of pyridine rings is 1. The number of carbonyl (C=O) groups is 1. The molecule has 0 bridgehead atoms. The van der Waals surface area contributed by atoms with Crippen molar-refractivity contribution in [1.82, 2.24) is 15.0 Å². The number of sulfonamides is 1. The first kappa shape index (κ1) is 23.0. The quantitative estimate of drug-likeness (QED) is 0.519. The normalized spacial score (nSPS) is 14.3. The van der Waals surface area contributed by atoms with E-state index in [4.69, 9.17) is 9.15 Å². The van der Waals surface area contributed by atoms with E-state index in [9.17, 15) is 13.2 Å². The van der Waals surface area contributed by atoms with Gasteiger partial charge in [0.25, 0.3) is 5.91 Å². The lowest BCUT2D eigenvalue weighted by atomic mass is 10.1. The van der Waals surface area contributed by atoms with Gasteiger partial charge in [-0.3, -0.25) is 4.79 Å². The Morgan fingerprint density at radius 1 is 1.12 bits per heavy atom. The van der Waals surface area contributed by atoms with Crippen LogP contribution < -0.4 is 14.9 Å². The van der Waals surface area contributed by atoms with E-state index in [-0.39, 0.29) is 17.3 Å². The number of aromatic nitrogens is 1. The second kappa shape index (κ2) is 10.2. The fraction of sp³-hybridized carbons (Fsp3) is 0.304. The van der Waals surface area contributed by atoms with Crippen molar-refractivity contribution in [3.63, 3.8) is 0 Å². The molecule has 10 heteroatoms. The van der Waals surface area contributed by atoms with Crippen molar-refractivity contribution in [2.24, 2.45) is 0 Å². The van der Waals surface area contributed by atoms with Crippen LogP contribution in [0.4, 0.5) is 5.82 Å². The molecule has 33 heavy (non-hydrogen) atoms. The summed E-state index contributed by atoms with van der Waals surface area (Å²) in [5.74, 6) is 0.995. The van der Waals surface area contributed by atoms with Gasteiger partial charge in [-0.25, -0.2) is 18.1 Å². The summed E-state index contributed by atoms with van der Waals surface area (Å²) in [6, 6.07) is 11.6. The summed E-state index contributed by atoms with van der Waals surface area (Å²) in [6.45, 7) is 4.97. The molecule has 1 amide bonds. The average molecular weight is 471 g/mol. The van der Waals surface area contributed by atoms with Crippen molar-refractivity contribution in [1.29, 1.82) is 0 Å². The number of benzene rings is 1. The molecule has 1 fully saturated rings. The standard InChI is InChI=1S/C23H26N4O5S/c1-17-4-5-20(33(29,30)26-16-19-3-2-10-32-19)14-21(17)23(28)25-15-18-6-7-24-22(13-18)27-8-11-31-12-9-27/h2-7,10,13-14,26H,8-9,11-12,15-16H2,1H3,(H,25,28). The van der Waals surface area contributed by atoms with Gasteiger partial charge in [-0.05, 0) is 54.4 Å². The number of amides is 1. The minimum atomic E-state index is -3.81. The fourth-order valence-corrected chi connectivity index (χ4v) is 4.51. The molecular formula is C23H26N4O5S. The molecule has 0 unspecified atom stereocenters. The van der Waals surface area contributed by atoms with E-state index in [0.29, 0.717) is 36.6 Å². The van der Waals surface area contributed by atoms with E-state index in [0.717, 1.165) is 24.5 Å².